The highest BCUT2D eigenvalue weighted by Crippen LogP contribution is 2.31. The molecule has 0 unspecified atom stereocenters. The van der Waals surface area contributed by atoms with Gasteiger partial charge in [0.15, 0.2) is 0 Å². The number of benzene rings is 2. The van der Waals surface area contributed by atoms with Crippen molar-refractivity contribution in [1.82, 2.24) is 5.32 Å². The Balaban J connectivity index is 2.26. The van der Waals surface area contributed by atoms with Crippen LogP contribution in [0.15, 0.2) is 36.4 Å². The van der Waals surface area contributed by atoms with Gasteiger partial charge in [0.1, 0.15) is 11.5 Å². The molecule has 0 aliphatic rings. The van der Waals surface area contributed by atoms with Crippen molar-refractivity contribution in [3.63, 3.8) is 0 Å². The molecule has 100 valence electrons. The zero-order chi connectivity index (χ0) is 13.8. The molecule has 0 aromatic heterocycles. The third-order valence-electron chi connectivity index (χ3n) is 2.75. The van der Waals surface area contributed by atoms with Crippen LogP contribution in [0.3, 0.4) is 0 Å². The third kappa shape index (κ3) is 3.63. The fourth-order valence-electron chi connectivity index (χ4n) is 1.74. The Bertz CT molecular complexity index is 584. The molecule has 0 amide bonds. The van der Waals surface area contributed by atoms with Gasteiger partial charge in [-0.1, -0.05) is 35.3 Å². The SMILES string of the molecule is CNCc1ccc(C)c(Oc2ccc(Cl)c(Cl)c2)c1. The van der Waals surface area contributed by atoms with E-state index < -0.39 is 0 Å². The zero-order valence-corrected chi connectivity index (χ0v) is 12.3. The van der Waals surface area contributed by atoms with Crippen molar-refractivity contribution in [3.05, 3.63) is 57.6 Å². The molecule has 0 saturated carbocycles. The second-order valence-corrected chi connectivity index (χ2v) is 5.12. The van der Waals surface area contributed by atoms with Gasteiger partial charge in [-0.3, -0.25) is 0 Å². The summed E-state index contributed by atoms with van der Waals surface area (Å²) in [4.78, 5) is 0. The van der Waals surface area contributed by atoms with Crippen LogP contribution in [-0.4, -0.2) is 7.05 Å². The zero-order valence-electron chi connectivity index (χ0n) is 10.8. The molecule has 0 radical (unpaired) electrons. The summed E-state index contributed by atoms with van der Waals surface area (Å²) < 4.78 is 5.86. The molecule has 0 saturated heterocycles. The Morgan fingerprint density at radius 1 is 1.05 bits per heavy atom. The van der Waals surface area contributed by atoms with Gasteiger partial charge in [0, 0.05) is 12.6 Å². The maximum Gasteiger partial charge on any atom is 0.130 e. The number of rotatable bonds is 4. The quantitative estimate of drug-likeness (QED) is 0.874. The van der Waals surface area contributed by atoms with Crippen LogP contribution in [0.2, 0.25) is 10.0 Å². The number of halogens is 2. The van der Waals surface area contributed by atoms with E-state index in [0.29, 0.717) is 15.8 Å². The van der Waals surface area contributed by atoms with Crippen LogP contribution in [0, 0.1) is 6.92 Å². The topological polar surface area (TPSA) is 21.3 Å². The van der Waals surface area contributed by atoms with Gasteiger partial charge in [0.05, 0.1) is 10.0 Å². The normalized spacial score (nSPS) is 10.5. The predicted molar refractivity (Wildman–Crippen MR) is 80.5 cm³/mol. The summed E-state index contributed by atoms with van der Waals surface area (Å²) in [7, 11) is 1.92. The number of nitrogens with one attached hydrogen (secondary N) is 1. The molecule has 0 atom stereocenters. The molecule has 2 rings (SSSR count). The van der Waals surface area contributed by atoms with Gasteiger partial charge in [-0.25, -0.2) is 0 Å². The van der Waals surface area contributed by atoms with Gasteiger partial charge in [0.25, 0.3) is 0 Å². The van der Waals surface area contributed by atoms with Gasteiger partial charge in [-0.15, -0.1) is 0 Å². The molecule has 2 aromatic carbocycles. The van der Waals surface area contributed by atoms with E-state index in [1.807, 2.05) is 26.1 Å². The molecule has 4 heteroatoms. The van der Waals surface area contributed by atoms with Crippen LogP contribution in [0.5, 0.6) is 11.5 Å². The van der Waals surface area contributed by atoms with E-state index in [-0.39, 0.29) is 0 Å². The van der Waals surface area contributed by atoms with Gasteiger partial charge < -0.3 is 10.1 Å². The Morgan fingerprint density at radius 2 is 1.84 bits per heavy atom. The van der Waals surface area contributed by atoms with Crippen molar-refractivity contribution >= 4 is 23.2 Å². The highest BCUT2D eigenvalue weighted by Gasteiger charge is 2.05. The van der Waals surface area contributed by atoms with Crippen molar-refractivity contribution in [3.8, 4) is 11.5 Å². The fourth-order valence-corrected chi connectivity index (χ4v) is 2.02. The van der Waals surface area contributed by atoms with E-state index in [2.05, 4.69) is 11.4 Å². The van der Waals surface area contributed by atoms with Crippen LogP contribution in [0.25, 0.3) is 0 Å². The molecule has 1 N–H and O–H groups in total. The molecule has 19 heavy (non-hydrogen) atoms. The highest BCUT2D eigenvalue weighted by molar-refractivity contribution is 6.42. The first-order valence-corrected chi connectivity index (χ1v) is 6.73. The average molecular weight is 296 g/mol. The highest BCUT2D eigenvalue weighted by atomic mass is 35.5. The van der Waals surface area contributed by atoms with Crippen molar-refractivity contribution in [1.29, 1.82) is 0 Å². The summed E-state index contributed by atoms with van der Waals surface area (Å²) in [6.07, 6.45) is 0. The Labute approximate surface area is 123 Å². The smallest absolute Gasteiger partial charge is 0.130 e. The predicted octanol–water partition coefficient (Wildman–Crippen LogP) is 4.81. The first-order valence-electron chi connectivity index (χ1n) is 5.97. The van der Waals surface area contributed by atoms with Gasteiger partial charge >= 0.3 is 0 Å². The molecule has 2 nitrogen and oxygen atoms in total. The summed E-state index contributed by atoms with van der Waals surface area (Å²) >= 11 is 11.9. The summed E-state index contributed by atoms with van der Waals surface area (Å²) in [5, 5.41) is 4.13. The number of hydrogen-bond donors (Lipinski definition) is 1. The maximum atomic E-state index is 5.98. The standard InChI is InChI=1S/C15H15Cl2NO/c1-10-3-4-11(9-18-2)7-15(10)19-12-5-6-13(16)14(17)8-12/h3-8,18H,9H2,1-2H3. The summed E-state index contributed by atoms with van der Waals surface area (Å²) in [5.41, 5.74) is 2.24. The molecule has 0 heterocycles. The monoisotopic (exact) mass is 295 g/mol. The lowest BCUT2D eigenvalue weighted by atomic mass is 10.1. The van der Waals surface area contributed by atoms with Crippen LogP contribution >= 0.6 is 23.2 Å². The van der Waals surface area contributed by atoms with E-state index >= 15 is 0 Å². The van der Waals surface area contributed by atoms with E-state index in [9.17, 15) is 0 Å². The second kappa shape index (κ2) is 6.29. The summed E-state index contributed by atoms with van der Waals surface area (Å²) in [5.74, 6) is 1.50. The number of ether oxygens (including phenoxy) is 1. The van der Waals surface area contributed by atoms with Gasteiger partial charge in [0.2, 0.25) is 0 Å². The molecule has 0 aliphatic heterocycles. The third-order valence-corrected chi connectivity index (χ3v) is 3.49. The van der Waals surface area contributed by atoms with Crippen LogP contribution in [0.4, 0.5) is 0 Å². The molecular formula is C15H15Cl2NO. The second-order valence-electron chi connectivity index (χ2n) is 4.31. The average Bonchev–Trinajstić information content (AvgIpc) is 2.38. The molecule has 0 spiro atoms. The Hall–Kier alpha value is -1.22. The van der Waals surface area contributed by atoms with Crippen molar-refractivity contribution in [2.75, 3.05) is 7.05 Å². The molecule has 2 aromatic rings. The van der Waals surface area contributed by atoms with Crippen molar-refractivity contribution in [2.24, 2.45) is 0 Å². The number of hydrogen-bond acceptors (Lipinski definition) is 2. The van der Waals surface area contributed by atoms with E-state index in [1.54, 1.807) is 18.2 Å². The van der Waals surface area contributed by atoms with Crippen LogP contribution in [-0.2, 0) is 6.54 Å². The minimum atomic E-state index is 0.489. The molecule has 0 fully saturated rings. The molecule has 0 bridgehead atoms. The van der Waals surface area contributed by atoms with Crippen LogP contribution < -0.4 is 10.1 Å². The first-order chi connectivity index (χ1) is 9.10. The van der Waals surface area contributed by atoms with Crippen molar-refractivity contribution in [2.45, 2.75) is 13.5 Å². The van der Waals surface area contributed by atoms with E-state index in [1.165, 1.54) is 5.56 Å². The summed E-state index contributed by atoms with van der Waals surface area (Å²) in [6, 6.07) is 11.4. The maximum absolute atomic E-state index is 5.98. The number of aryl methyl sites for hydroxylation is 1. The molecular weight excluding hydrogens is 281 g/mol. The van der Waals surface area contributed by atoms with Gasteiger partial charge in [-0.2, -0.15) is 0 Å². The van der Waals surface area contributed by atoms with Crippen LogP contribution in [0.1, 0.15) is 11.1 Å². The summed E-state index contributed by atoms with van der Waals surface area (Å²) in [6.45, 7) is 2.81. The van der Waals surface area contributed by atoms with Gasteiger partial charge in [-0.05, 0) is 43.3 Å². The Kier molecular flexibility index (Phi) is 4.70. The van der Waals surface area contributed by atoms with E-state index in [4.69, 9.17) is 27.9 Å². The Morgan fingerprint density at radius 3 is 2.53 bits per heavy atom. The lowest BCUT2D eigenvalue weighted by Gasteiger charge is -2.11. The minimum Gasteiger partial charge on any atom is -0.457 e. The largest absolute Gasteiger partial charge is 0.457 e. The van der Waals surface area contributed by atoms with E-state index in [0.717, 1.165) is 17.9 Å². The minimum absolute atomic E-state index is 0.489. The lowest BCUT2D eigenvalue weighted by molar-refractivity contribution is 0.478. The first kappa shape index (κ1) is 14.2. The lowest BCUT2D eigenvalue weighted by Crippen LogP contribution is -2.05. The van der Waals surface area contributed by atoms with Crippen molar-refractivity contribution < 1.29 is 4.74 Å². The fraction of sp³-hybridized carbons (Fsp3) is 0.200. The molecule has 0 aliphatic carbocycles.